The topological polar surface area (TPSA) is 51.1 Å². The Hall–Kier alpha value is -1.69. The summed E-state index contributed by atoms with van der Waals surface area (Å²) >= 11 is 1.50. The molecular formula is C15H20N4OS. The van der Waals surface area contributed by atoms with Crippen LogP contribution in [0.3, 0.4) is 0 Å². The minimum atomic E-state index is 0.615. The zero-order valence-electron chi connectivity index (χ0n) is 12.5. The Kier molecular flexibility index (Phi) is 4.34. The standard InChI is InChI=1S/C15H20N4OS/c1-11-9-14(3-6-16-11)20-10-13-4-7-19(8-5-13)15-17-12(2)18-21-15/h3,6,9,13H,4-5,7-8,10H2,1-2H3. The molecule has 0 amide bonds. The molecule has 3 rings (SSSR count). The highest BCUT2D eigenvalue weighted by Crippen LogP contribution is 2.25. The molecule has 1 aliphatic rings. The van der Waals surface area contributed by atoms with Gasteiger partial charge in [0, 0.05) is 42.6 Å². The molecule has 21 heavy (non-hydrogen) atoms. The monoisotopic (exact) mass is 304 g/mol. The van der Waals surface area contributed by atoms with Crippen LogP contribution in [-0.4, -0.2) is 34.0 Å². The highest BCUT2D eigenvalue weighted by atomic mass is 32.1. The van der Waals surface area contributed by atoms with E-state index in [9.17, 15) is 0 Å². The lowest BCUT2D eigenvalue weighted by atomic mass is 9.98. The van der Waals surface area contributed by atoms with E-state index in [-0.39, 0.29) is 0 Å². The number of pyridine rings is 1. The van der Waals surface area contributed by atoms with Crippen LogP contribution in [-0.2, 0) is 0 Å². The van der Waals surface area contributed by atoms with E-state index in [0.717, 1.165) is 54.9 Å². The Morgan fingerprint density at radius 1 is 1.33 bits per heavy atom. The van der Waals surface area contributed by atoms with Crippen molar-refractivity contribution in [2.24, 2.45) is 5.92 Å². The Labute approximate surface area is 129 Å². The van der Waals surface area contributed by atoms with Crippen molar-refractivity contribution in [1.29, 1.82) is 0 Å². The molecule has 0 spiro atoms. The molecule has 0 aromatic carbocycles. The lowest BCUT2D eigenvalue weighted by molar-refractivity contribution is 0.222. The second kappa shape index (κ2) is 6.39. The van der Waals surface area contributed by atoms with Crippen molar-refractivity contribution in [1.82, 2.24) is 14.3 Å². The van der Waals surface area contributed by atoms with Crippen LogP contribution in [0.25, 0.3) is 0 Å². The van der Waals surface area contributed by atoms with Gasteiger partial charge in [-0.05, 0) is 38.7 Å². The summed E-state index contributed by atoms with van der Waals surface area (Å²) in [5.41, 5.74) is 0.994. The third kappa shape index (κ3) is 3.69. The van der Waals surface area contributed by atoms with Crippen molar-refractivity contribution >= 4 is 16.7 Å². The molecule has 0 saturated carbocycles. The molecule has 1 aliphatic heterocycles. The fourth-order valence-corrected chi connectivity index (χ4v) is 3.25. The largest absolute Gasteiger partial charge is 0.493 e. The highest BCUT2D eigenvalue weighted by Gasteiger charge is 2.22. The summed E-state index contributed by atoms with van der Waals surface area (Å²) in [5.74, 6) is 2.40. The van der Waals surface area contributed by atoms with E-state index in [2.05, 4.69) is 19.2 Å². The van der Waals surface area contributed by atoms with Crippen LogP contribution in [0.2, 0.25) is 0 Å². The maximum Gasteiger partial charge on any atom is 0.205 e. The Morgan fingerprint density at radius 2 is 2.14 bits per heavy atom. The van der Waals surface area contributed by atoms with Gasteiger partial charge < -0.3 is 9.64 Å². The Bertz CT molecular complexity index is 593. The number of anilines is 1. The number of aryl methyl sites for hydroxylation is 2. The van der Waals surface area contributed by atoms with Crippen LogP contribution in [0.5, 0.6) is 5.75 Å². The molecule has 6 heteroatoms. The molecule has 0 atom stereocenters. The van der Waals surface area contributed by atoms with Gasteiger partial charge in [-0.1, -0.05) is 0 Å². The zero-order chi connectivity index (χ0) is 14.7. The van der Waals surface area contributed by atoms with Gasteiger partial charge in [-0.3, -0.25) is 4.98 Å². The number of hydrogen-bond donors (Lipinski definition) is 0. The molecule has 0 bridgehead atoms. The smallest absolute Gasteiger partial charge is 0.205 e. The predicted molar refractivity (Wildman–Crippen MR) is 84.1 cm³/mol. The van der Waals surface area contributed by atoms with Gasteiger partial charge in [0.05, 0.1) is 6.61 Å². The summed E-state index contributed by atoms with van der Waals surface area (Å²) in [6.07, 6.45) is 4.08. The van der Waals surface area contributed by atoms with Crippen LogP contribution in [0.1, 0.15) is 24.4 Å². The summed E-state index contributed by atoms with van der Waals surface area (Å²) in [6.45, 7) is 6.79. The molecular weight excluding hydrogens is 284 g/mol. The van der Waals surface area contributed by atoms with Gasteiger partial charge in [0.2, 0.25) is 5.13 Å². The van der Waals surface area contributed by atoms with Gasteiger partial charge in [-0.15, -0.1) is 0 Å². The van der Waals surface area contributed by atoms with Crippen molar-refractivity contribution in [2.45, 2.75) is 26.7 Å². The van der Waals surface area contributed by atoms with Gasteiger partial charge in [-0.2, -0.15) is 4.37 Å². The first-order chi connectivity index (χ1) is 10.2. The molecule has 2 aromatic heterocycles. The predicted octanol–water partition coefficient (Wildman–Crippen LogP) is 2.85. The van der Waals surface area contributed by atoms with Crippen molar-refractivity contribution in [3.05, 3.63) is 29.8 Å². The van der Waals surface area contributed by atoms with Crippen LogP contribution in [0.4, 0.5) is 5.13 Å². The van der Waals surface area contributed by atoms with E-state index >= 15 is 0 Å². The molecule has 2 aromatic rings. The van der Waals surface area contributed by atoms with E-state index in [1.165, 1.54) is 11.5 Å². The summed E-state index contributed by atoms with van der Waals surface area (Å²) in [5, 5.41) is 1.05. The van der Waals surface area contributed by atoms with Crippen molar-refractivity contribution in [3.8, 4) is 5.75 Å². The molecule has 0 radical (unpaired) electrons. The number of rotatable bonds is 4. The van der Waals surface area contributed by atoms with Crippen molar-refractivity contribution < 1.29 is 4.74 Å². The Balaban J connectivity index is 1.47. The fourth-order valence-electron chi connectivity index (χ4n) is 2.53. The van der Waals surface area contributed by atoms with Gasteiger partial charge in [0.1, 0.15) is 11.6 Å². The molecule has 3 heterocycles. The molecule has 112 valence electrons. The zero-order valence-corrected chi connectivity index (χ0v) is 13.3. The van der Waals surface area contributed by atoms with Crippen LogP contribution >= 0.6 is 11.5 Å². The van der Waals surface area contributed by atoms with Gasteiger partial charge in [-0.25, -0.2) is 4.98 Å². The van der Waals surface area contributed by atoms with E-state index in [4.69, 9.17) is 4.74 Å². The summed E-state index contributed by atoms with van der Waals surface area (Å²) in [6, 6.07) is 3.91. The summed E-state index contributed by atoms with van der Waals surface area (Å²) < 4.78 is 10.1. The molecule has 1 saturated heterocycles. The highest BCUT2D eigenvalue weighted by molar-refractivity contribution is 7.09. The lowest BCUT2D eigenvalue weighted by Gasteiger charge is -2.31. The number of hydrogen-bond acceptors (Lipinski definition) is 6. The minimum Gasteiger partial charge on any atom is -0.493 e. The van der Waals surface area contributed by atoms with E-state index < -0.39 is 0 Å². The summed E-state index contributed by atoms with van der Waals surface area (Å²) in [7, 11) is 0. The molecule has 0 N–H and O–H groups in total. The van der Waals surface area contributed by atoms with Gasteiger partial charge in [0.25, 0.3) is 0 Å². The first-order valence-corrected chi connectivity index (χ1v) is 8.09. The quantitative estimate of drug-likeness (QED) is 0.869. The normalized spacial score (nSPS) is 16.2. The van der Waals surface area contributed by atoms with Crippen LogP contribution < -0.4 is 9.64 Å². The number of piperidine rings is 1. The molecule has 5 nitrogen and oxygen atoms in total. The first-order valence-electron chi connectivity index (χ1n) is 7.31. The van der Waals surface area contributed by atoms with E-state index in [0.29, 0.717) is 5.92 Å². The number of aromatic nitrogens is 3. The van der Waals surface area contributed by atoms with E-state index in [1.807, 2.05) is 26.0 Å². The lowest BCUT2D eigenvalue weighted by Crippen LogP contribution is -2.35. The van der Waals surface area contributed by atoms with Crippen LogP contribution in [0.15, 0.2) is 18.3 Å². The number of ether oxygens (including phenoxy) is 1. The summed E-state index contributed by atoms with van der Waals surface area (Å²) in [4.78, 5) is 11.0. The third-order valence-electron chi connectivity index (χ3n) is 3.76. The molecule has 0 unspecified atom stereocenters. The van der Waals surface area contributed by atoms with Gasteiger partial charge in [0.15, 0.2) is 0 Å². The maximum atomic E-state index is 5.89. The van der Waals surface area contributed by atoms with Gasteiger partial charge >= 0.3 is 0 Å². The first kappa shape index (κ1) is 14.3. The fraction of sp³-hybridized carbons (Fsp3) is 0.533. The Morgan fingerprint density at radius 3 is 2.81 bits per heavy atom. The third-order valence-corrected chi connectivity index (χ3v) is 4.62. The maximum absolute atomic E-state index is 5.89. The second-order valence-corrected chi connectivity index (χ2v) is 6.23. The molecule has 1 fully saturated rings. The number of nitrogens with zero attached hydrogens (tertiary/aromatic N) is 4. The molecule has 0 aliphatic carbocycles. The SMILES string of the molecule is Cc1cc(OCC2CCN(c3nc(C)ns3)CC2)ccn1. The average molecular weight is 304 g/mol. The van der Waals surface area contributed by atoms with Crippen molar-refractivity contribution in [3.63, 3.8) is 0 Å². The van der Waals surface area contributed by atoms with E-state index in [1.54, 1.807) is 6.20 Å². The minimum absolute atomic E-state index is 0.615. The van der Waals surface area contributed by atoms with Crippen LogP contribution in [0, 0.1) is 19.8 Å². The second-order valence-electron chi connectivity index (χ2n) is 5.50. The van der Waals surface area contributed by atoms with Crippen molar-refractivity contribution in [2.75, 3.05) is 24.6 Å². The average Bonchev–Trinajstić information content (AvgIpc) is 2.92.